The van der Waals surface area contributed by atoms with Crippen LogP contribution < -0.4 is 4.74 Å². The largest absolute Gasteiger partial charge is 0.498 e. The summed E-state index contributed by atoms with van der Waals surface area (Å²) in [5, 5.41) is 9.63. The number of hydrogen-bond acceptors (Lipinski definition) is 5. The number of hydrogen-bond donors (Lipinski definition) is 1. The molecule has 0 radical (unpaired) electrons. The Labute approximate surface area is 200 Å². The summed E-state index contributed by atoms with van der Waals surface area (Å²) in [6.45, 7) is 7.39. The molecule has 0 aliphatic heterocycles. The fourth-order valence-corrected chi connectivity index (χ4v) is 3.54. The molecule has 7 heteroatoms. The average molecular weight is 475 g/mol. The van der Waals surface area contributed by atoms with Crippen molar-refractivity contribution in [1.29, 1.82) is 0 Å². The SMILES string of the molecule is CCOC1=CC=CC(C#C/C=C\COc2ccc(C[C@H](OCC)C(=O)O)cc2Cl)(OCC)C1. The summed E-state index contributed by atoms with van der Waals surface area (Å²) in [6.07, 6.45) is 9.18. The molecule has 0 amide bonds. The number of rotatable bonds is 12. The number of carboxylic acid groups (broad SMARTS) is 1. The van der Waals surface area contributed by atoms with Gasteiger partial charge in [0, 0.05) is 26.1 Å². The van der Waals surface area contributed by atoms with E-state index in [4.69, 9.17) is 30.5 Å². The van der Waals surface area contributed by atoms with Crippen LogP contribution in [0.15, 0.2) is 54.3 Å². The standard InChI is InChI=1S/C26H31ClO6/c1-4-30-21-11-10-15-26(19-21,33-6-3)14-8-7-9-16-32-23-13-12-20(17-22(23)27)18-24(25(28)29)31-5-2/h7,9-13,15,17,24H,4-6,16,18-19H2,1-3H3,(H,28,29)/b9-7-/t24-,26?/m0/s1. The summed E-state index contributed by atoms with van der Waals surface area (Å²) in [5.41, 5.74) is 0.0602. The molecule has 2 rings (SSSR count). The minimum absolute atomic E-state index is 0.231. The Bertz CT molecular complexity index is 940. The highest BCUT2D eigenvalue weighted by molar-refractivity contribution is 6.32. The Balaban J connectivity index is 1.93. The van der Waals surface area contributed by atoms with Gasteiger partial charge in [-0.3, -0.25) is 0 Å². The van der Waals surface area contributed by atoms with Crippen molar-refractivity contribution in [3.05, 3.63) is 64.9 Å². The van der Waals surface area contributed by atoms with Crippen LogP contribution in [0.1, 0.15) is 32.8 Å². The van der Waals surface area contributed by atoms with Gasteiger partial charge in [-0.25, -0.2) is 4.79 Å². The molecule has 1 aromatic carbocycles. The molecule has 1 aliphatic carbocycles. The van der Waals surface area contributed by atoms with E-state index in [1.54, 1.807) is 37.3 Å². The van der Waals surface area contributed by atoms with Gasteiger partial charge in [-0.05, 0) is 62.8 Å². The predicted molar refractivity (Wildman–Crippen MR) is 128 cm³/mol. The van der Waals surface area contributed by atoms with Crippen molar-refractivity contribution < 1.29 is 28.8 Å². The van der Waals surface area contributed by atoms with Gasteiger partial charge in [0.15, 0.2) is 11.7 Å². The molecule has 0 spiro atoms. The first kappa shape index (κ1) is 26.5. The molecule has 0 fully saturated rings. The molecule has 2 atom stereocenters. The van der Waals surface area contributed by atoms with Gasteiger partial charge >= 0.3 is 5.97 Å². The third kappa shape index (κ3) is 8.62. The summed E-state index contributed by atoms with van der Waals surface area (Å²) in [7, 11) is 0. The van der Waals surface area contributed by atoms with Gasteiger partial charge in [-0.1, -0.05) is 35.6 Å². The third-order valence-electron chi connectivity index (χ3n) is 4.70. The van der Waals surface area contributed by atoms with Crippen LogP contribution in [-0.2, 0) is 25.4 Å². The zero-order chi connectivity index (χ0) is 24.1. The van der Waals surface area contributed by atoms with Gasteiger partial charge in [-0.2, -0.15) is 0 Å². The van der Waals surface area contributed by atoms with Gasteiger partial charge < -0.3 is 24.1 Å². The van der Waals surface area contributed by atoms with Crippen molar-refractivity contribution >= 4 is 17.6 Å². The quantitative estimate of drug-likeness (QED) is 0.431. The van der Waals surface area contributed by atoms with Crippen LogP contribution >= 0.6 is 11.6 Å². The molecule has 178 valence electrons. The van der Waals surface area contributed by atoms with Crippen LogP contribution in [0.3, 0.4) is 0 Å². The van der Waals surface area contributed by atoms with Crippen molar-refractivity contribution in [3.63, 3.8) is 0 Å². The number of benzene rings is 1. The van der Waals surface area contributed by atoms with Crippen molar-refractivity contribution in [2.24, 2.45) is 0 Å². The summed E-state index contributed by atoms with van der Waals surface area (Å²) >= 11 is 6.30. The minimum atomic E-state index is -1.00. The number of carbonyl (C=O) groups is 1. The van der Waals surface area contributed by atoms with E-state index in [9.17, 15) is 9.90 Å². The Morgan fingerprint density at radius 3 is 2.73 bits per heavy atom. The summed E-state index contributed by atoms with van der Waals surface area (Å²) in [6, 6.07) is 5.20. The lowest BCUT2D eigenvalue weighted by Crippen LogP contribution is -2.31. The fourth-order valence-electron chi connectivity index (χ4n) is 3.28. The average Bonchev–Trinajstić information content (AvgIpc) is 2.77. The smallest absolute Gasteiger partial charge is 0.333 e. The topological polar surface area (TPSA) is 74.2 Å². The van der Waals surface area contributed by atoms with Crippen molar-refractivity contribution in [3.8, 4) is 17.6 Å². The minimum Gasteiger partial charge on any atom is -0.498 e. The zero-order valence-corrected chi connectivity index (χ0v) is 20.1. The van der Waals surface area contributed by atoms with E-state index in [1.807, 2.05) is 32.1 Å². The summed E-state index contributed by atoms with van der Waals surface area (Å²) in [5.74, 6) is 6.56. The predicted octanol–water partition coefficient (Wildman–Crippen LogP) is 4.97. The molecule has 0 heterocycles. The first-order valence-corrected chi connectivity index (χ1v) is 11.4. The molecule has 1 unspecified atom stereocenters. The Hall–Kier alpha value is -2.72. The highest BCUT2D eigenvalue weighted by atomic mass is 35.5. The van der Waals surface area contributed by atoms with Crippen molar-refractivity contribution in [2.45, 2.75) is 45.3 Å². The van der Waals surface area contributed by atoms with E-state index < -0.39 is 17.7 Å². The van der Waals surface area contributed by atoms with E-state index in [0.29, 0.717) is 37.0 Å². The van der Waals surface area contributed by atoms with Gasteiger partial charge in [-0.15, -0.1) is 0 Å². The lowest BCUT2D eigenvalue weighted by molar-refractivity contribution is -0.149. The first-order chi connectivity index (χ1) is 15.9. The molecule has 33 heavy (non-hydrogen) atoms. The molecular formula is C26H31ClO6. The van der Waals surface area contributed by atoms with Gasteiger partial charge in [0.1, 0.15) is 18.1 Å². The van der Waals surface area contributed by atoms with Crippen LogP contribution in [0.4, 0.5) is 0 Å². The third-order valence-corrected chi connectivity index (χ3v) is 4.99. The van der Waals surface area contributed by atoms with E-state index in [1.165, 1.54) is 0 Å². The van der Waals surface area contributed by atoms with Crippen LogP contribution in [0.2, 0.25) is 5.02 Å². The molecule has 1 aliphatic rings. The lowest BCUT2D eigenvalue weighted by Gasteiger charge is -2.28. The van der Waals surface area contributed by atoms with Gasteiger partial charge in [0.05, 0.1) is 11.6 Å². The second-order valence-corrected chi connectivity index (χ2v) is 7.57. The highest BCUT2D eigenvalue weighted by Gasteiger charge is 2.29. The molecule has 0 aromatic heterocycles. The Morgan fingerprint density at radius 1 is 1.24 bits per heavy atom. The number of aliphatic carboxylic acids is 1. The maximum absolute atomic E-state index is 11.3. The van der Waals surface area contributed by atoms with E-state index in [2.05, 4.69) is 11.8 Å². The fraction of sp³-hybridized carbons (Fsp3) is 0.423. The molecule has 0 saturated carbocycles. The van der Waals surface area contributed by atoms with Gasteiger partial charge in [0.2, 0.25) is 0 Å². The summed E-state index contributed by atoms with van der Waals surface area (Å²) < 4.78 is 22.5. The van der Waals surface area contributed by atoms with Crippen LogP contribution in [0, 0.1) is 11.8 Å². The molecule has 6 nitrogen and oxygen atoms in total. The van der Waals surface area contributed by atoms with Gasteiger partial charge in [0.25, 0.3) is 0 Å². The van der Waals surface area contributed by atoms with Crippen molar-refractivity contribution in [2.75, 3.05) is 26.4 Å². The number of ether oxygens (including phenoxy) is 4. The second-order valence-electron chi connectivity index (χ2n) is 7.16. The Morgan fingerprint density at radius 2 is 2.06 bits per heavy atom. The van der Waals surface area contributed by atoms with Crippen LogP contribution in [0.5, 0.6) is 5.75 Å². The van der Waals surface area contributed by atoms with E-state index >= 15 is 0 Å². The monoisotopic (exact) mass is 474 g/mol. The number of carboxylic acids is 1. The second kappa shape index (κ2) is 13.7. The van der Waals surface area contributed by atoms with E-state index in [-0.39, 0.29) is 13.0 Å². The highest BCUT2D eigenvalue weighted by Crippen LogP contribution is 2.28. The number of halogens is 1. The van der Waals surface area contributed by atoms with Crippen LogP contribution in [-0.4, -0.2) is 49.2 Å². The van der Waals surface area contributed by atoms with Crippen LogP contribution in [0.25, 0.3) is 0 Å². The molecular weight excluding hydrogens is 444 g/mol. The summed E-state index contributed by atoms with van der Waals surface area (Å²) in [4.78, 5) is 11.3. The normalized spacial score (nSPS) is 18.4. The molecule has 0 saturated heterocycles. The first-order valence-electron chi connectivity index (χ1n) is 11.0. The van der Waals surface area contributed by atoms with Crippen molar-refractivity contribution in [1.82, 2.24) is 0 Å². The molecule has 1 aromatic rings. The number of allylic oxidation sites excluding steroid dienone is 3. The zero-order valence-electron chi connectivity index (χ0n) is 19.3. The maximum Gasteiger partial charge on any atom is 0.333 e. The molecule has 1 N–H and O–H groups in total. The molecule has 0 bridgehead atoms. The Kier molecular flexibility index (Phi) is 11.0. The van der Waals surface area contributed by atoms with E-state index in [0.717, 1.165) is 11.3 Å². The maximum atomic E-state index is 11.3. The lowest BCUT2D eigenvalue weighted by atomic mass is 9.94.